The first-order chi connectivity index (χ1) is 10.3. The Labute approximate surface area is 127 Å². The summed E-state index contributed by atoms with van der Waals surface area (Å²) in [6.45, 7) is 3.06. The second-order valence-corrected chi connectivity index (χ2v) is 5.59. The van der Waals surface area contributed by atoms with Gasteiger partial charge < -0.3 is 5.32 Å². The Bertz CT molecular complexity index is 497. The van der Waals surface area contributed by atoms with Crippen molar-refractivity contribution in [2.24, 2.45) is 0 Å². The summed E-state index contributed by atoms with van der Waals surface area (Å²) in [5.41, 5.74) is 2.71. The Morgan fingerprint density at radius 3 is 1.90 bits per heavy atom. The first-order valence-electron chi connectivity index (χ1n) is 7.55. The molecular formula is C19H23NO. The second kappa shape index (κ2) is 7.63. The maximum absolute atomic E-state index is 10.3. The fourth-order valence-corrected chi connectivity index (χ4v) is 2.83. The molecule has 0 spiro atoms. The average molecular weight is 281 g/mol. The molecule has 0 heterocycles. The minimum absolute atomic E-state index is 0.0176. The highest BCUT2D eigenvalue weighted by Gasteiger charge is 2.27. The Balaban J connectivity index is 2.17. The van der Waals surface area contributed by atoms with Gasteiger partial charge in [-0.3, -0.25) is 4.79 Å². The summed E-state index contributed by atoms with van der Waals surface area (Å²) in [7, 11) is 0. The molecule has 0 fully saturated rings. The topological polar surface area (TPSA) is 29.1 Å². The number of nitrogens with one attached hydrogen (secondary N) is 1. The van der Waals surface area contributed by atoms with Gasteiger partial charge in [0.1, 0.15) is 0 Å². The Kier molecular flexibility index (Phi) is 5.56. The molecule has 0 radical (unpaired) electrons. The van der Waals surface area contributed by atoms with Gasteiger partial charge in [0.15, 0.2) is 0 Å². The van der Waals surface area contributed by atoms with Crippen molar-refractivity contribution in [3.8, 4) is 0 Å². The molecule has 0 atom stereocenters. The van der Waals surface area contributed by atoms with Crippen LogP contribution >= 0.6 is 0 Å². The Morgan fingerprint density at radius 2 is 1.43 bits per heavy atom. The lowest BCUT2D eigenvalue weighted by Gasteiger charge is -2.31. The summed E-state index contributed by atoms with van der Waals surface area (Å²) in [6.07, 6.45) is 3.93. The molecule has 0 aromatic heterocycles. The minimum atomic E-state index is 0.0176. The van der Waals surface area contributed by atoms with Crippen LogP contribution in [0.2, 0.25) is 0 Å². The zero-order chi connectivity index (χ0) is 15.0. The minimum Gasteiger partial charge on any atom is -0.359 e. The number of amides is 1. The van der Waals surface area contributed by atoms with Gasteiger partial charge in [0.2, 0.25) is 6.41 Å². The third-order valence-corrected chi connectivity index (χ3v) is 4.15. The van der Waals surface area contributed by atoms with Crippen molar-refractivity contribution in [2.45, 2.75) is 31.6 Å². The van der Waals surface area contributed by atoms with E-state index in [1.54, 1.807) is 0 Å². The number of unbranched alkanes of at least 4 members (excludes halogenated alkanes) is 1. The van der Waals surface area contributed by atoms with Crippen LogP contribution in [0.4, 0.5) is 0 Å². The van der Waals surface area contributed by atoms with Gasteiger partial charge in [-0.2, -0.15) is 0 Å². The third-order valence-electron chi connectivity index (χ3n) is 4.15. The number of rotatable bonds is 8. The summed E-state index contributed by atoms with van der Waals surface area (Å²) in [5, 5.41) is 2.73. The fourth-order valence-electron chi connectivity index (χ4n) is 2.83. The fraction of sp³-hybridized carbons (Fsp3) is 0.316. The Morgan fingerprint density at radius 1 is 0.905 bits per heavy atom. The van der Waals surface area contributed by atoms with Crippen LogP contribution in [-0.4, -0.2) is 13.0 Å². The highest BCUT2D eigenvalue weighted by Crippen LogP contribution is 2.36. The summed E-state index contributed by atoms with van der Waals surface area (Å²) in [6, 6.07) is 21.3. The molecule has 0 bridgehead atoms. The van der Waals surface area contributed by atoms with Gasteiger partial charge >= 0.3 is 0 Å². The first kappa shape index (κ1) is 15.3. The molecule has 0 unspecified atom stereocenters. The van der Waals surface area contributed by atoms with Gasteiger partial charge in [0.05, 0.1) is 0 Å². The molecule has 2 heteroatoms. The van der Waals surface area contributed by atoms with E-state index in [1.807, 2.05) is 0 Å². The van der Waals surface area contributed by atoms with Crippen LogP contribution in [0.3, 0.4) is 0 Å². The van der Waals surface area contributed by atoms with Crippen LogP contribution < -0.4 is 5.32 Å². The standard InChI is InChI=1S/C19H23NO/c1-19(14-8-9-15-20-16-21,17-10-4-2-5-11-17)18-12-6-3-7-13-18/h2-7,10-13,16H,8-9,14-15H2,1H3,(H,20,21). The lowest BCUT2D eigenvalue weighted by molar-refractivity contribution is -0.109. The predicted octanol–water partition coefficient (Wildman–Crippen LogP) is 3.91. The van der Waals surface area contributed by atoms with Crippen LogP contribution in [0, 0.1) is 0 Å². The predicted molar refractivity (Wildman–Crippen MR) is 87.3 cm³/mol. The van der Waals surface area contributed by atoms with Crippen molar-refractivity contribution in [1.82, 2.24) is 5.32 Å². The van der Waals surface area contributed by atoms with E-state index in [9.17, 15) is 4.79 Å². The van der Waals surface area contributed by atoms with Gasteiger partial charge in [-0.05, 0) is 24.0 Å². The maximum Gasteiger partial charge on any atom is 0.207 e. The molecule has 2 nitrogen and oxygen atoms in total. The van der Waals surface area contributed by atoms with Gasteiger partial charge in [-0.15, -0.1) is 0 Å². The zero-order valence-corrected chi connectivity index (χ0v) is 12.6. The first-order valence-corrected chi connectivity index (χ1v) is 7.55. The lowest BCUT2D eigenvalue weighted by atomic mass is 9.73. The molecule has 2 aromatic carbocycles. The zero-order valence-electron chi connectivity index (χ0n) is 12.6. The van der Waals surface area contributed by atoms with Crippen molar-refractivity contribution < 1.29 is 4.79 Å². The molecule has 0 saturated carbocycles. The van der Waals surface area contributed by atoms with E-state index in [1.165, 1.54) is 11.1 Å². The number of carbonyl (C=O) groups is 1. The monoisotopic (exact) mass is 281 g/mol. The van der Waals surface area contributed by atoms with E-state index in [0.717, 1.165) is 32.2 Å². The molecule has 110 valence electrons. The highest BCUT2D eigenvalue weighted by molar-refractivity contribution is 5.45. The van der Waals surface area contributed by atoms with E-state index in [2.05, 4.69) is 72.9 Å². The van der Waals surface area contributed by atoms with E-state index in [4.69, 9.17) is 0 Å². The van der Waals surface area contributed by atoms with Crippen molar-refractivity contribution in [1.29, 1.82) is 0 Å². The summed E-state index contributed by atoms with van der Waals surface area (Å²) in [5.74, 6) is 0. The van der Waals surface area contributed by atoms with Crippen LogP contribution in [0.1, 0.15) is 37.3 Å². The molecule has 0 saturated heterocycles. The molecular weight excluding hydrogens is 258 g/mol. The molecule has 1 N–H and O–H groups in total. The van der Waals surface area contributed by atoms with Gasteiger partial charge in [-0.25, -0.2) is 0 Å². The van der Waals surface area contributed by atoms with Crippen molar-refractivity contribution >= 4 is 6.41 Å². The number of hydrogen-bond donors (Lipinski definition) is 1. The summed E-state index contributed by atoms with van der Waals surface area (Å²) < 4.78 is 0. The van der Waals surface area contributed by atoms with Crippen LogP contribution in [0.25, 0.3) is 0 Å². The molecule has 2 aromatic rings. The van der Waals surface area contributed by atoms with E-state index in [-0.39, 0.29) is 5.41 Å². The number of benzene rings is 2. The average Bonchev–Trinajstić information content (AvgIpc) is 2.56. The van der Waals surface area contributed by atoms with Crippen LogP contribution in [0.15, 0.2) is 60.7 Å². The van der Waals surface area contributed by atoms with E-state index < -0.39 is 0 Å². The van der Waals surface area contributed by atoms with Crippen LogP contribution in [-0.2, 0) is 10.2 Å². The van der Waals surface area contributed by atoms with Gasteiger partial charge in [0, 0.05) is 12.0 Å². The molecule has 2 rings (SSSR count). The van der Waals surface area contributed by atoms with E-state index >= 15 is 0 Å². The molecule has 1 amide bonds. The van der Waals surface area contributed by atoms with Crippen LogP contribution in [0.5, 0.6) is 0 Å². The largest absolute Gasteiger partial charge is 0.359 e. The van der Waals surface area contributed by atoms with Crippen molar-refractivity contribution in [2.75, 3.05) is 6.54 Å². The molecule has 0 aliphatic carbocycles. The third kappa shape index (κ3) is 3.94. The maximum atomic E-state index is 10.3. The highest BCUT2D eigenvalue weighted by atomic mass is 16.1. The van der Waals surface area contributed by atoms with E-state index in [0.29, 0.717) is 0 Å². The van der Waals surface area contributed by atoms with Gasteiger partial charge in [0.25, 0.3) is 0 Å². The summed E-state index contributed by atoms with van der Waals surface area (Å²) in [4.78, 5) is 10.3. The normalized spacial score (nSPS) is 11.1. The number of hydrogen-bond acceptors (Lipinski definition) is 1. The van der Waals surface area contributed by atoms with Crippen molar-refractivity contribution in [3.63, 3.8) is 0 Å². The molecule has 0 aliphatic rings. The Hall–Kier alpha value is -2.09. The van der Waals surface area contributed by atoms with Crippen molar-refractivity contribution in [3.05, 3.63) is 71.8 Å². The second-order valence-electron chi connectivity index (χ2n) is 5.59. The number of carbonyl (C=O) groups excluding carboxylic acids is 1. The quantitative estimate of drug-likeness (QED) is 0.577. The van der Waals surface area contributed by atoms with Gasteiger partial charge in [-0.1, -0.05) is 74.0 Å². The lowest BCUT2D eigenvalue weighted by Crippen LogP contribution is -2.24. The molecule has 21 heavy (non-hydrogen) atoms. The summed E-state index contributed by atoms with van der Waals surface area (Å²) >= 11 is 0. The SMILES string of the molecule is CC(CCCCNC=O)(c1ccccc1)c1ccccc1. The molecule has 0 aliphatic heterocycles. The smallest absolute Gasteiger partial charge is 0.207 e.